The van der Waals surface area contributed by atoms with E-state index in [1.165, 1.54) is 28.2 Å². The van der Waals surface area contributed by atoms with Gasteiger partial charge in [0, 0.05) is 39.3 Å². The van der Waals surface area contributed by atoms with Gasteiger partial charge in [-0.3, -0.25) is 4.79 Å². The summed E-state index contributed by atoms with van der Waals surface area (Å²) in [5, 5.41) is 0.747. The van der Waals surface area contributed by atoms with Crippen molar-refractivity contribution in [2.45, 2.75) is 22.8 Å². The molecule has 3 heterocycles. The molecule has 2 saturated heterocycles. The summed E-state index contributed by atoms with van der Waals surface area (Å²) in [6.45, 7) is 2.87. The fourth-order valence-electron chi connectivity index (χ4n) is 4.36. The van der Waals surface area contributed by atoms with Crippen LogP contribution in [0.2, 0.25) is 0 Å². The number of hydrogen-bond acceptors (Lipinski definition) is 7. The first kappa shape index (κ1) is 24.0. The van der Waals surface area contributed by atoms with Crippen molar-refractivity contribution in [3.05, 3.63) is 54.3 Å². The first-order valence-electron chi connectivity index (χ1n) is 11.6. The molecule has 2 aromatic carbocycles. The second kappa shape index (κ2) is 10.1. The summed E-state index contributed by atoms with van der Waals surface area (Å²) in [7, 11) is -3.72. The van der Waals surface area contributed by atoms with Crippen LogP contribution in [0.15, 0.2) is 58.5 Å². The van der Waals surface area contributed by atoms with Crippen molar-refractivity contribution in [3.63, 3.8) is 0 Å². The Morgan fingerprint density at radius 2 is 1.51 bits per heavy atom. The molecule has 11 heteroatoms. The number of para-hydroxylation sites is 2. The summed E-state index contributed by atoms with van der Waals surface area (Å²) in [6, 6.07) is 12.5. The zero-order valence-corrected chi connectivity index (χ0v) is 20.8. The summed E-state index contributed by atoms with van der Waals surface area (Å²) in [5.41, 5.74) is 1.63. The van der Waals surface area contributed by atoms with Crippen molar-refractivity contribution in [1.82, 2.24) is 19.2 Å². The molecule has 5 rings (SSSR count). The van der Waals surface area contributed by atoms with Gasteiger partial charge in [0.25, 0.3) is 0 Å². The third-order valence-electron chi connectivity index (χ3n) is 6.30. The van der Waals surface area contributed by atoms with Gasteiger partial charge in [0.2, 0.25) is 15.9 Å². The second-order valence-corrected chi connectivity index (χ2v) is 11.5. The summed E-state index contributed by atoms with van der Waals surface area (Å²) >= 11 is 1.38. The number of piperazine rings is 1. The molecular formula is C24H26FN5O3S2. The Hall–Kier alpha value is -2.76. The monoisotopic (exact) mass is 515 g/mol. The van der Waals surface area contributed by atoms with Crippen LogP contribution in [0.5, 0.6) is 0 Å². The molecule has 0 atom stereocenters. The van der Waals surface area contributed by atoms with Crippen molar-refractivity contribution in [2.24, 2.45) is 0 Å². The highest BCUT2D eigenvalue weighted by molar-refractivity contribution is 8.00. The van der Waals surface area contributed by atoms with Crippen LogP contribution >= 0.6 is 11.8 Å². The van der Waals surface area contributed by atoms with Gasteiger partial charge >= 0.3 is 0 Å². The van der Waals surface area contributed by atoms with Crippen molar-refractivity contribution in [3.8, 4) is 0 Å². The summed E-state index contributed by atoms with van der Waals surface area (Å²) in [6.07, 6.45) is 2.23. The number of carbonyl (C=O) groups is 1. The Morgan fingerprint density at radius 3 is 2.17 bits per heavy atom. The summed E-state index contributed by atoms with van der Waals surface area (Å²) in [4.78, 5) is 26.6. The molecule has 8 nitrogen and oxygen atoms in total. The van der Waals surface area contributed by atoms with Crippen LogP contribution in [-0.4, -0.2) is 78.5 Å². The fourth-order valence-corrected chi connectivity index (χ4v) is 6.69. The number of thioether (sulfide) groups is 1. The van der Waals surface area contributed by atoms with Gasteiger partial charge in [-0.2, -0.15) is 4.31 Å². The van der Waals surface area contributed by atoms with E-state index in [1.54, 1.807) is 4.90 Å². The second-order valence-electron chi connectivity index (χ2n) is 8.56. The molecule has 0 bridgehead atoms. The van der Waals surface area contributed by atoms with Gasteiger partial charge in [-0.1, -0.05) is 23.9 Å². The van der Waals surface area contributed by atoms with Crippen molar-refractivity contribution in [2.75, 3.05) is 49.9 Å². The van der Waals surface area contributed by atoms with E-state index in [2.05, 4.69) is 4.90 Å². The first-order valence-corrected chi connectivity index (χ1v) is 14.0. The minimum Gasteiger partial charge on any atom is -0.354 e. The molecule has 0 unspecified atom stereocenters. The molecule has 2 fully saturated rings. The predicted molar refractivity (Wildman–Crippen MR) is 133 cm³/mol. The number of nitrogens with zero attached hydrogens (tertiary/aromatic N) is 5. The Morgan fingerprint density at radius 1 is 0.886 bits per heavy atom. The molecule has 35 heavy (non-hydrogen) atoms. The number of hydrogen-bond donors (Lipinski definition) is 0. The molecule has 0 N–H and O–H groups in total. The average Bonchev–Trinajstić information content (AvgIpc) is 3.42. The van der Waals surface area contributed by atoms with Gasteiger partial charge in [-0.05, 0) is 49.2 Å². The molecule has 0 spiro atoms. The molecular weight excluding hydrogens is 489 g/mol. The zero-order chi connectivity index (χ0) is 24.4. The van der Waals surface area contributed by atoms with Crippen molar-refractivity contribution in [1.29, 1.82) is 0 Å². The number of aromatic nitrogens is 2. The standard InChI is InChI=1S/C24H26FN5O3S2/c25-18-7-9-19(10-8-18)35(32,33)30-15-13-28(14-16-30)22(31)17-34-24-23(29-11-3-4-12-29)26-20-5-1-2-6-21(20)27-24/h1-2,5-10H,3-4,11-17H2. The highest BCUT2D eigenvalue weighted by Crippen LogP contribution is 2.31. The number of carbonyl (C=O) groups excluding carboxylic acids is 1. The SMILES string of the molecule is O=C(CSc1nc2ccccc2nc1N1CCCC1)N1CCN(S(=O)(=O)c2ccc(F)cc2)CC1. The van der Waals surface area contributed by atoms with E-state index in [9.17, 15) is 17.6 Å². The Balaban J connectivity index is 1.23. The normalized spacial score (nSPS) is 17.3. The molecule has 2 aliphatic heterocycles. The third-order valence-corrected chi connectivity index (χ3v) is 9.15. The van der Waals surface area contributed by atoms with Crippen LogP contribution in [0.25, 0.3) is 11.0 Å². The minimum atomic E-state index is -3.72. The maximum absolute atomic E-state index is 13.2. The van der Waals surface area contributed by atoms with Crippen molar-refractivity contribution >= 4 is 44.5 Å². The van der Waals surface area contributed by atoms with E-state index in [4.69, 9.17) is 9.97 Å². The highest BCUT2D eigenvalue weighted by atomic mass is 32.2. The highest BCUT2D eigenvalue weighted by Gasteiger charge is 2.30. The van der Waals surface area contributed by atoms with Gasteiger partial charge in [0.1, 0.15) is 10.8 Å². The molecule has 2 aliphatic rings. The van der Waals surface area contributed by atoms with E-state index in [1.807, 2.05) is 24.3 Å². The number of halogens is 1. The quantitative estimate of drug-likeness (QED) is 0.467. The number of fused-ring (bicyclic) bond motifs is 1. The molecule has 1 aromatic heterocycles. The van der Waals surface area contributed by atoms with E-state index >= 15 is 0 Å². The maximum atomic E-state index is 13.2. The Bertz CT molecular complexity index is 1320. The fraction of sp³-hybridized carbons (Fsp3) is 0.375. The maximum Gasteiger partial charge on any atom is 0.243 e. The first-order chi connectivity index (χ1) is 16.9. The number of anilines is 1. The molecule has 0 radical (unpaired) electrons. The van der Waals surface area contributed by atoms with Gasteiger partial charge < -0.3 is 9.80 Å². The van der Waals surface area contributed by atoms with Crippen molar-refractivity contribution < 1.29 is 17.6 Å². The van der Waals surface area contributed by atoms with Gasteiger partial charge in [0.15, 0.2) is 5.82 Å². The van der Waals surface area contributed by atoms with Crippen LogP contribution in [0.1, 0.15) is 12.8 Å². The lowest BCUT2D eigenvalue weighted by Gasteiger charge is -2.34. The molecule has 3 aromatic rings. The number of rotatable bonds is 6. The van der Waals surface area contributed by atoms with Crippen LogP contribution in [0.4, 0.5) is 10.2 Å². The minimum absolute atomic E-state index is 0.0542. The number of sulfonamides is 1. The van der Waals surface area contributed by atoms with E-state index < -0.39 is 15.8 Å². The third kappa shape index (κ3) is 5.12. The van der Waals surface area contributed by atoms with Crippen LogP contribution in [0, 0.1) is 5.82 Å². The smallest absolute Gasteiger partial charge is 0.243 e. The molecule has 184 valence electrons. The van der Waals surface area contributed by atoms with E-state index in [0.717, 1.165) is 59.9 Å². The van der Waals surface area contributed by atoms with Gasteiger partial charge in [-0.15, -0.1) is 0 Å². The average molecular weight is 516 g/mol. The Kier molecular flexibility index (Phi) is 6.90. The lowest BCUT2D eigenvalue weighted by Crippen LogP contribution is -2.50. The largest absolute Gasteiger partial charge is 0.354 e. The van der Waals surface area contributed by atoms with E-state index in [0.29, 0.717) is 13.1 Å². The number of benzene rings is 2. The van der Waals surface area contributed by atoms with E-state index in [-0.39, 0.29) is 29.6 Å². The summed E-state index contributed by atoms with van der Waals surface area (Å²) < 4.78 is 40.2. The zero-order valence-electron chi connectivity index (χ0n) is 19.1. The summed E-state index contributed by atoms with van der Waals surface area (Å²) in [5.74, 6) is 0.490. The van der Waals surface area contributed by atoms with Crippen LogP contribution < -0.4 is 4.90 Å². The Labute approximate surface area is 208 Å². The van der Waals surface area contributed by atoms with Crippen LogP contribution in [0.3, 0.4) is 0 Å². The molecule has 1 amide bonds. The topological polar surface area (TPSA) is 86.7 Å². The predicted octanol–water partition coefficient (Wildman–Crippen LogP) is 2.99. The van der Waals surface area contributed by atoms with Crippen LogP contribution in [-0.2, 0) is 14.8 Å². The number of amides is 1. The molecule has 0 aliphatic carbocycles. The molecule has 0 saturated carbocycles. The lowest BCUT2D eigenvalue weighted by molar-refractivity contribution is -0.129. The van der Waals surface area contributed by atoms with Gasteiger partial charge in [-0.25, -0.2) is 22.8 Å². The lowest BCUT2D eigenvalue weighted by atomic mass is 10.3. The van der Waals surface area contributed by atoms with Gasteiger partial charge in [0.05, 0.1) is 21.7 Å².